The summed E-state index contributed by atoms with van der Waals surface area (Å²) >= 11 is 0. The predicted octanol–water partition coefficient (Wildman–Crippen LogP) is 1.27. The summed E-state index contributed by atoms with van der Waals surface area (Å²) in [6.45, 7) is 6.29. The molecule has 0 spiro atoms. The van der Waals surface area contributed by atoms with E-state index in [1.54, 1.807) is 7.05 Å². The summed E-state index contributed by atoms with van der Waals surface area (Å²) in [4.78, 5) is 8.90. The summed E-state index contributed by atoms with van der Waals surface area (Å²) in [5.74, 6) is -0.277. The van der Waals surface area contributed by atoms with Gasteiger partial charge in [0.2, 0.25) is 0 Å². The zero-order valence-electron chi connectivity index (χ0n) is 14.5. The Hall–Kier alpha value is -1.73. The Morgan fingerprint density at radius 3 is 2.79 bits per heavy atom. The van der Waals surface area contributed by atoms with Crippen molar-refractivity contribution in [2.24, 2.45) is 4.99 Å². The van der Waals surface area contributed by atoms with Crippen LogP contribution in [0.3, 0.4) is 0 Å². The number of nitrogens with zero attached hydrogens (tertiary/aromatic N) is 3. The highest BCUT2D eigenvalue weighted by atomic mass is 19.1. The zero-order chi connectivity index (χ0) is 17.4. The highest BCUT2D eigenvalue weighted by molar-refractivity contribution is 5.79. The first-order valence-corrected chi connectivity index (χ1v) is 8.38. The van der Waals surface area contributed by atoms with E-state index >= 15 is 0 Å². The Kier molecular flexibility index (Phi) is 7.39. The Labute approximate surface area is 142 Å². The number of hydrogen-bond acceptors (Lipinski definition) is 3. The van der Waals surface area contributed by atoms with Crippen molar-refractivity contribution in [2.75, 3.05) is 53.4 Å². The van der Waals surface area contributed by atoms with Gasteiger partial charge in [-0.25, -0.2) is 8.78 Å². The van der Waals surface area contributed by atoms with E-state index < -0.39 is 11.6 Å². The van der Waals surface area contributed by atoms with Gasteiger partial charge in [0.1, 0.15) is 11.6 Å². The Bertz CT molecular complexity index is 550. The second-order valence-corrected chi connectivity index (χ2v) is 6.09. The molecule has 0 saturated carbocycles. The van der Waals surface area contributed by atoms with Gasteiger partial charge in [-0.05, 0) is 44.8 Å². The molecule has 0 unspecified atom stereocenters. The molecular weight excluding hydrogens is 312 g/mol. The van der Waals surface area contributed by atoms with E-state index in [0.717, 1.165) is 51.4 Å². The van der Waals surface area contributed by atoms with E-state index in [2.05, 4.69) is 32.5 Å². The minimum atomic E-state index is -0.442. The van der Waals surface area contributed by atoms with Crippen LogP contribution in [-0.2, 0) is 6.54 Å². The lowest BCUT2D eigenvalue weighted by atomic mass is 10.2. The molecule has 2 rings (SSSR count). The molecule has 0 aromatic heterocycles. The standard InChI is InChI=1S/C17H27F2N5/c1-20-17(22-13-14-12-15(18)4-5-16(14)19)21-6-9-24-8-3-7-23(2)10-11-24/h4-5,12H,3,6-11,13H2,1-2H3,(H2,20,21,22). The van der Waals surface area contributed by atoms with Gasteiger partial charge in [-0.3, -0.25) is 4.99 Å². The molecule has 1 heterocycles. The number of rotatable bonds is 5. The third-order valence-corrected chi connectivity index (χ3v) is 4.21. The van der Waals surface area contributed by atoms with Gasteiger partial charge >= 0.3 is 0 Å². The van der Waals surface area contributed by atoms with E-state index in [9.17, 15) is 8.78 Å². The zero-order valence-corrected chi connectivity index (χ0v) is 14.5. The van der Waals surface area contributed by atoms with Crippen LogP contribution >= 0.6 is 0 Å². The average molecular weight is 339 g/mol. The van der Waals surface area contributed by atoms with Gasteiger partial charge in [0.05, 0.1) is 0 Å². The molecule has 134 valence electrons. The van der Waals surface area contributed by atoms with Crippen LogP contribution in [0.1, 0.15) is 12.0 Å². The number of nitrogens with one attached hydrogen (secondary N) is 2. The van der Waals surface area contributed by atoms with Crippen LogP contribution in [0.2, 0.25) is 0 Å². The third-order valence-electron chi connectivity index (χ3n) is 4.21. The van der Waals surface area contributed by atoms with Crippen molar-refractivity contribution in [3.63, 3.8) is 0 Å². The molecule has 1 aromatic carbocycles. The molecule has 2 N–H and O–H groups in total. The molecule has 24 heavy (non-hydrogen) atoms. The molecule has 5 nitrogen and oxygen atoms in total. The normalized spacial score (nSPS) is 17.6. The Morgan fingerprint density at radius 2 is 2.00 bits per heavy atom. The van der Waals surface area contributed by atoms with Gasteiger partial charge in [-0.15, -0.1) is 0 Å². The average Bonchev–Trinajstić information content (AvgIpc) is 2.78. The fourth-order valence-electron chi connectivity index (χ4n) is 2.73. The summed E-state index contributed by atoms with van der Waals surface area (Å²) in [5.41, 5.74) is 0.286. The van der Waals surface area contributed by atoms with Crippen molar-refractivity contribution in [1.82, 2.24) is 20.4 Å². The number of likely N-dealkylation sites (N-methyl/N-ethyl adjacent to an activating group) is 1. The SMILES string of the molecule is CN=C(NCCN1CCCN(C)CC1)NCc1cc(F)ccc1F. The van der Waals surface area contributed by atoms with Crippen LogP contribution in [0.15, 0.2) is 23.2 Å². The van der Waals surface area contributed by atoms with Crippen LogP contribution in [-0.4, -0.2) is 69.1 Å². The van der Waals surface area contributed by atoms with Crippen molar-refractivity contribution >= 4 is 5.96 Å². The first-order chi connectivity index (χ1) is 11.6. The number of guanidine groups is 1. The molecular formula is C17H27F2N5. The van der Waals surface area contributed by atoms with E-state index in [1.165, 1.54) is 12.5 Å². The second-order valence-electron chi connectivity index (χ2n) is 6.09. The van der Waals surface area contributed by atoms with Gasteiger partial charge in [0, 0.05) is 45.3 Å². The van der Waals surface area contributed by atoms with Crippen LogP contribution < -0.4 is 10.6 Å². The molecule has 1 saturated heterocycles. The molecule has 0 aliphatic carbocycles. The van der Waals surface area contributed by atoms with Gasteiger partial charge < -0.3 is 20.4 Å². The monoisotopic (exact) mass is 339 g/mol. The fourth-order valence-corrected chi connectivity index (χ4v) is 2.73. The molecule has 7 heteroatoms. The Balaban J connectivity index is 1.73. The van der Waals surface area contributed by atoms with Crippen LogP contribution in [0.5, 0.6) is 0 Å². The lowest BCUT2D eigenvalue weighted by Crippen LogP contribution is -2.42. The maximum Gasteiger partial charge on any atom is 0.191 e. The highest BCUT2D eigenvalue weighted by Crippen LogP contribution is 2.09. The lowest BCUT2D eigenvalue weighted by Gasteiger charge is -2.21. The molecule has 1 aromatic rings. The summed E-state index contributed by atoms with van der Waals surface area (Å²) in [5, 5.41) is 6.24. The van der Waals surface area contributed by atoms with Crippen molar-refractivity contribution < 1.29 is 8.78 Å². The third kappa shape index (κ3) is 6.05. The van der Waals surface area contributed by atoms with Gasteiger partial charge in [-0.2, -0.15) is 0 Å². The van der Waals surface area contributed by atoms with Crippen molar-refractivity contribution in [3.05, 3.63) is 35.4 Å². The van der Waals surface area contributed by atoms with Crippen molar-refractivity contribution in [1.29, 1.82) is 0 Å². The molecule has 1 aliphatic heterocycles. The highest BCUT2D eigenvalue weighted by Gasteiger charge is 2.11. The van der Waals surface area contributed by atoms with Crippen LogP contribution in [0, 0.1) is 11.6 Å². The van der Waals surface area contributed by atoms with E-state index in [0.29, 0.717) is 5.96 Å². The molecule has 1 aliphatic rings. The van der Waals surface area contributed by atoms with E-state index in [4.69, 9.17) is 0 Å². The smallest absolute Gasteiger partial charge is 0.191 e. The van der Waals surface area contributed by atoms with Crippen LogP contribution in [0.25, 0.3) is 0 Å². The maximum absolute atomic E-state index is 13.6. The summed E-state index contributed by atoms with van der Waals surface area (Å²) in [7, 11) is 3.82. The van der Waals surface area contributed by atoms with Crippen LogP contribution in [0.4, 0.5) is 8.78 Å². The van der Waals surface area contributed by atoms with Gasteiger partial charge in [-0.1, -0.05) is 0 Å². The predicted molar refractivity (Wildman–Crippen MR) is 93.1 cm³/mol. The lowest BCUT2D eigenvalue weighted by molar-refractivity contribution is 0.280. The quantitative estimate of drug-likeness (QED) is 0.626. The summed E-state index contributed by atoms with van der Waals surface area (Å²) < 4.78 is 26.8. The largest absolute Gasteiger partial charge is 0.355 e. The summed E-state index contributed by atoms with van der Waals surface area (Å²) in [6, 6.07) is 3.45. The number of halogens is 2. The summed E-state index contributed by atoms with van der Waals surface area (Å²) in [6.07, 6.45) is 1.18. The number of benzene rings is 1. The van der Waals surface area contributed by atoms with Crippen molar-refractivity contribution in [2.45, 2.75) is 13.0 Å². The number of hydrogen-bond donors (Lipinski definition) is 2. The molecule has 0 bridgehead atoms. The first-order valence-electron chi connectivity index (χ1n) is 8.38. The minimum absolute atomic E-state index is 0.192. The van der Waals surface area contributed by atoms with Gasteiger partial charge in [0.15, 0.2) is 5.96 Å². The van der Waals surface area contributed by atoms with Gasteiger partial charge in [0.25, 0.3) is 0 Å². The van der Waals surface area contributed by atoms with E-state index in [-0.39, 0.29) is 12.1 Å². The fraction of sp³-hybridized carbons (Fsp3) is 0.588. The first kappa shape index (κ1) is 18.6. The van der Waals surface area contributed by atoms with E-state index in [1.807, 2.05) is 0 Å². The van der Waals surface area contributed by atoms with Crippen molar-refractivity contribution in [3.8, 4) is 0 Å². The molecule has 0 amide bonds. The second kappa shape index (κ2) is 9.54. The molecule has 1 fully saturated rings. The maximum atomic E-state index is 13.6. The molecule has 0 radical (unpaired) electrons. The minimum Gasteiger partial charge on any atom is -0.355 e. The number of aliphatic imine (C=N–C) groups is 1. The topological polar surface area (TPSA) is 42.9 Å². The Morgan fingerprint density at radius 1 is 1.17 bits per heavy atom. The molecule has 0 atom stereocenters.